The Morgan fingerprint density at radius 1 is 1.26 bits per heavy atom. The summed E-state index contributed by atoms with van der Waals surface area (Å²) in [5.41, 5.74) is 8.30. The highest BCUT2D eigenvalue weighted by molar-refractivity contribution is 7.14. The van der Waals surface area contributed by atoms with Crippen LogP contribution >= 0.6 is 11.3 Å². The molecule has 1 fully saturated rings. The Balaban J connectivity index is 1.53. The van der Waals surface area contributed by atoms with Crippen molar-refractivity contribution in [2.45, 2.75) is 38.8 Å². The van der Waals surface area contributed by atoms with Gasteiger partial charge in [0.1, 0.15) is 0 Å². The van der Waals surface area contributed by atoms with Gasteiger partial charge in [0.15, 0.2) is 5.13 Å². The van der Waals surface area contributed by atoms with Crippen LogP contribution in [0.2, 0.25) is 0 Å². The molecule has 1 amide bonds. The normalized spacial score (nSPS) is 23.8. The molecule has 3 heterocycles. The van der Waals surface area contributed by atoms with Crippen LogP contribution in [0.25, 0.3) is 11.3 Å². The Labute approximate surface area is 139 Å². The second-order valence-electron chi connectivity index (χ2n) is 5.89. The number of aromatic nitrogens is 2. The number of amides is 1. The molecule has 2 unspecified atom stereocenters. The van der Waals surface area contributed by atoms with E-state index >= 15 is 0 Å². The van der Waals surface area contributed by atoms with E-state index in [1.165, 1.54) is 11.3 Å². The van der Waals surface area contributed by atoms with Crippen molar-refractivity contribution in [1.82, 2.24) is 20.8 Å². The summed E-state index contributed by atoms with van der Waals surface area (Å²) in [5, 5.41) is 5.49. The first-order chi connectivity index (χ1) is 11.1. The van der Waals surface area contributed by atoms with Gasteiger partial charge in [-0.2, -0.15) is 0 Å². The molecule has 0 radical (unpaired) electrons. The highest BCUT2D eigenvalue weighted by Crippen LogP contribution is 2.25. The molecule has 122 valence electrons. The van der Waals surface area contributed by atoms with Crippen LogP contribution in [0, 0.1) is 5.92 Å². The lowest BCUT2D eigenvalue weighted by atomic mass is 9.91. The van der Waals surface area contributed by atoms with E-state index in [1.807, 2.05) is 17.5 Å². The van der Waals surface area contributed by atoms with Gasteiger partial charge in [-0.15, -0.1) is 11.3 Å². The van der Waals surface area contributed by atoms with Gasteiger partial charge in [0.25, 0.3) is 0 Å². The molecule has 1 aliphatic heterocycles. The number of carbonyl (C=O) groups is 1. The molecule has 7 heteroatoms. The molecule has 1 saturated heterocycles. The van der Waals surface area contributed by atoms with Crippen LogP contribution in [-0.2, 0) is 4.79 Å². The summed E-state index contributed by atoms with van der Waals surface area (Å²) in [7, 11) is 0. The smallest absolute Gasteiger partial charge is 0.226 e. The zero-order chi connectivity index (χ0) is 16.2. The van der Waals surface area contributed by atoms with Crippen LogP contribution in [0.1, 0.15) is 26.7 Å². The number of nitrogens with zero attached hydrogens (tertiary/aromatic N) is 2. The Kier molecular flexibility index (Phi) is 5.00. The molecular weight excluding hydrogens is 310 g/mol. The van der Waals surface area contributed by atoms with E-state index in [0.29, 0.717) is 29.6 Å². The fourth-order valence-corrected chi connectivity index (χ4v) is 3.61. The highest BCUT2D eigenvalue weighted by atomic mass is 32.1. The van der Waals surface area contributed by atoms with Gasteiger partial charge in [-0.05, 0) is 38.3 Å². The highest BCUT2D eigenvalue weighted by Gasteiger charge is 2.29. The third kappa shape index (κ3) is 3.93. The van der Waals surface area contributed by atoms with E-state index < -0.39 is 0 Å². The van der Waals surface area contributed by atoms with Gasteiger partial charge in [-0.3, -0.25) is 20.6 Å². The van der Waals surface area contributed by atoms with Crippen LogP contribution in [0.4, 0.5) is 5.13 Å². The molecular formula is C16H21N5OS. The van der Waals surface area contributed by atoms with Gasteiger partial charge >= 0.3 is 0 Å². The van der Waals surface area contributed by atoms with Gasteiger partial charge in [-0.25, -0.2) is 4.98 Å². The number of hydrazine groups is 1. The number of hydrogen-bond acceptors (Lipinski definition) is 6. The van der Waals surface area contributed by atoms with Crippen molar-refractivity contribution in [2.24, 2.45) is 5.92 Å². The molecule has 0 saturated carbocycles. The maximum absolute atomic E-state index is 12.1. The van der Waals surface area contributed by atoms with Gasteiger partial charge in [0, 0.05) is 41.8 Å². The van der Waals surface area contributed by atoms with E-state index in [9.17, 15) is 4.79 Å². The van der Waals surface area contributed by atoms with Crippen molar-refractivity contribution >= 4 is 22.4 Å². The van der Waals surface area contributed by atoms with Crippen molar-refractivity contribution < 1.29 is 4.79 Å². The van der Waals surface area contributed by atoms with Gasteiger partial charge in [0.05, 0.1) is 5.69 Å². The topological polar surface area (TPSA) is 78.9 Å². The predicted octanol–water partition coefficient (Wildman–Crippen LogP) is 2.42. The third-order valence-corrected chi connectivity index (χ3v) is 5.01. The summed E-state index contributed by atoms with van der Waals surface area (Å²) in [4.78, 5) is 20.6. The minimum absolute atomic E-state index is 0.0203. The molecule has 2 atom stereocenters. The lowest BCUT2D eigenvalue weighted by Crippen LogP contribution is -2.30. The lowest BCUT2D eigenvalue weighted by molar-refractivity contribution is -0.116. The number of anilines is 1. The molecule has 0 bridgehead atoms. The molecule has 23 heavy (non-hydrogen) atoms. The fourth-order valence-electron chi connectivity index (χ4n) is 2.88. The van der Waals surface area contributed by atoms with Crippen LogP contribution in [-0.4, -0.2) is 28.0 Å². The van der Waals surface area contributed by atoms with E-state index in [0.717, 1.165) is 17.7 Å². The lowest BCUT2D eigenvalue weighted by Gasteiger charge is -2.16. The van der Waals surface area contributed by atoms with Crippen LogP contribution in [0.15, 0.2) is 29.9 Å². The maximum Gasteiger partial charge on any atom is 0.226 e. The average molecular weight is 331 g/mol. The molecule has 2 aromatic heterocycles. The van der Waals surface area contributed by atoms with Gasteiger partial charge < -0.3 is 5.32 Å². The summed E-state index contributed by atoms with van der Waals surface area (Å²) >= 11 is 1.44. The Bertz CT molecular complexity index is 650. The Morgan fingerprint density at radius 3 is 2.65 bits per heavy atom. The van der Waals surface area contributed by atoms with E-state index in [1.54, 1.807) is 12.4 Å². The molecule has 2 aromatic rings. The third-order valence-electron chi connectivity index (χ3n) is 4.25. The zero-order valence-electron chi connectivity index (χ0n) is 13.2. The first-order valence-electron chi connectivity index (χ1n) is 7.80. The molecule has 0 aliphatic carbocycles. The fraction of sp³-hybridized carbons (Fsp3) is 0.438. The van der Waals surface area contributed by atoms with Crippen LogP contribution < -0.4 is 16.2 Å². The van der Waals surface area contributed by atoms with E-state index in [4.69, 9.17) is 0 Å². The summed E-state index contributed by atoms with van der Waals surface area (Å²) in [6.45, 7) is 4.28. The first-order valence-corrected chi connectivity index (χ1v) is 8.68. The first kappa shape index (κ1) is 16.0. The molecule has 0 spiro atoms. The summed E-state index contributed by atoms with van der Waals surface area (Å²) in [6.07, 6.45) is 4.83. The average Bonchev–Trinajstić information content (AvgIpc) is 3.14. The Hall–Kier alpha value is -1.83. The van der Waals surface area contributed by atoms with Crippen molar-refractivity contribution in [2.75, 3.05) is 5.32 Å². The van der Waals surface area contributed by atoms with Crippen molar-refractivity contribution in [3.05, 3.63) is 29.9 Å². The number of carbonyl (C=O) groups excluding carboxylic acids is 1. The number of nitrogens with one attached hydrogen (secondary N) is 3. The molecule has 0 aromatic carbocycles. The standard InChI is InChI=1S/C16H21N5OS/c1-10-13(11(2)21-20-10)3-4-15(22)19-16-18-14(9-23-16)12-5-7-17-8-6-12/h5-11,13,20-21H,3-4H2,1-2H3,(H,18,19,22). The monoisotopic (exact) mass is 331 g/mol. The van der Waals surface area contributed by atoms with Crippen LogP contribution in [0.3, 0.4) is 0 Å². The van der Waals surface area contributed by atoms with Crippen molar-refractivity contribution in [3.8, 4) is 11.3 Å². The van der Waals surface area contributed by atoms with Gasteiger partial charge in [-0.1, -0.05) is 0 Å². The number of thiazole rings is 1. The van der Waals surface area contributed by atoms with Crippen LogP contribution in [0.5, 0.6) is 0 Å². The maximum atomic E-state index is 12.1. The quantitative estimate of drug-likeness (QED) is 0.784. The molecule has 3 N–H and O–H groups in total. The van der Waals surface area contributed by atoms with Gasteiger partial charge in [0.2, 0.25) is 5.91 Å². The number of hydrogen-bond donors (Lipinski definition) is 3. The molecule has 1 aliphatic rings. The zero-order valence-corrected chi connectivity index (χ0v) is 14.1. The molecule has 6 nitrogen and oxygen atoms in total. The molecule has 3 rings (SSSR count). The number of pyridine rings is 1. The van der Waals surface area contributed by atoms with Crippen molar-refractivity contribution in [1.29, 1.82) is 0 Å². The minimum Gasteiger partial charge on any atom is -0.302 e. The number of rotatable bonds is 5. The second kappa shape index (κ2) is 7.16. The SMILES string of the molecule is CC1NNC(C)C1CCC(=O)Nc1nc(-c2ccncc2)cs1. The van der Waals surface area contributed by atoms with Crippen molar-refractivity contribution in [3.63, 3.8) is 0 Å². The Morgan fingerprint density at radius 2 is 1.96 bits per heavy atom. The van der Waals surface area contributed by atoms with E-state index in [2.05, 4.69) is 40.0 Å². The second-order valence-corrected chi connectivity index (χ2v) is 6.75. The summed E-state index contributed by atoms with van der Waals surface area (Å²) in [6, 6.07) is 4.58. The summed E-state index contributed by atoms with van der Waals surface area (Å²) in [5.74, 6) is 0.483. The van der Waals surface area contributed by atoms with E-state index in [-0.39, 0.29) is 5.91 Å². The predicted molar refractivity (Wildman–Crippen MR) is 91.9 cm³/mol. The summed E-state index contributed by atoms with van der Waals surface area (Å²) < 4.78 is 0. The largest absolute Gasteiger partial charge is 0.302 e. The minimum atomic E-state index is 0.0203.